The third-order valence-corrected chi connectivity index (χ3v) is 13.7. The molecule has 1 amide bonds. The van der Waals surface area contributed by atoms with Crippen LogP contribution in [0, 0.1) is 27.9 Å². The van der Waals surface area contributed by atoms with Crippen molar-refractivity contribution in [3.8, 4) is 28.7 Å². The number of nitrogens with zero attached hydrogens (tertiary/aromatic N) is 3. The molecule has 1 fully saturated rings. The van der Waals surface area contributed by atoms with Gasteiger partial charge < -0.3 is 38.7 Å². The van der Waals surface area contributed by atoms with Gasteiger partial charge in [-0.25, -0.2) is 4.79 Å². The van der Waals surface area contributed by atoms with Gasteiger partial charge in [-0.2, -0.15) is 0 Å². The number of benzene rings is 5. The molecule has 0 radical (unpaired) electrons. The van der Waals surface area contributed by atoms with Crippen LogP contribution in [0.1, 0.15) is 93.1 Å². The number of non-ortho nitro benzene ring substituents is 1. The van der Waals surface area contributed by atoms with Gasteiger partial charge in [-0.05, 0) is 129 Å². The summed E-state index contributed by atoms with van der Waals surface area (Å²) in [6.07, 6.45) is 8.08. The first-order valence-electron chi connectivity index (χ1n) is 24.6. The Labute approximate surface area is 419 Å². The van der Waals surface area contributed by atoms with Gasteiger partial charge in [0.25, 0.3) is 5.69 Å². The molecule has 5 aromatic rings. The SMILES string of the molecule is C=CCO[C@@]12Oc3ccc(Oc4ccc(OC)c(C=O)c4)cc3[C@H]3[C@H](CCCCO)[C@@H](CCCCO)C=C(C(=NOC(C)(C)C)C[C@@H]1N(Cc1cccc4ccccc14)C(=O)Oc1ccc([N+](=O)[O-])cc1)[C@H]32. The molecule has 0 aromatic heterocycles. The van der Waals surface area contributed by atoms with Crippen molar-refractivity contribution >= 4 is 34.6 Å². The summed E-state index contributed by atoms with van der Waals surface area (Å²) in [4.78, 5) is 46.5. The minimum atomic E-state index is -1.64. The molecule has 2 aliphatic carbocycles. The second-order valence-corrected chi connectivity index (χ2v) is 19.5. The van der Waals surface area contributed by atoms with E-state index in [1.807, 2.05) is 75.4 Å². The topological polar surface area (TPSA) is 189 Å². The van der Waals surface area contributed by atoms with Crippen LogP contribution in [0.4, 0.5) is 10.5 Å². The maximum absolute atomic E-state index is 15.4. The molecule has 0 bridgehead atoms. The summed E-state index contributed by atoms with van der Waals surface area (Å²) in [5, 5.41) is 38.6. The molecule has 0 saturated heterocycles. The number of nitro benzene ring substituents is 1. The lowest BCUT2D eigenvalue weighted by Crippen LogP contribution is -2.70. The van der Waals surface area contributed by atoms with E-state index < -0.39 is 34.4 Å². The Bertz CT molecular complexity index is 2820. The van der Waals surface area contributed by atoms with E-state index in [4.69, 9.17) is 33.7 Å². The smallest absolute Gasteiger partial charge is 0.416 e. The number of rotatable bonds is 21. The van der Waals surface area contributed by atoms with E-state index in [2.05, 4.69) is 12.7 Å². The van der Waals surface area contributed by atoms with Gasteiger partial charge in [0, 0.05) is 43.2 Å². The summed E-state index contributed by atoms with van der Waals surface area (Å²) in [6, 6.07) is 28.9. The van der Waals surface area contributed by atoms with Crippen molar-refractivity contribution in [1.29, 1.82) is 0 Å². The molecule has 15 heteroatoms. The minimum absolute atomic E-state index is 0.0226. The van der Waals surface area contributed by atoms with Crippen LogP contribution in [0.25, 0.3) is 10.8 Å². The van der Waals surface area contributed by atoms with E-state index >= 15 is 4.79 Å². The van der Waals surface area contributed by atoms with Crippen molar-refractivity contribution < 1.29 is 53.2 Å². The van der Waals surface area contributed by atoms with E-state index in [1.54, 1.807) is 35.2 Å². The lowest BCUT2D eigenvalue weighted by Gasteiger charge is -2.60. The Morgan fingerprint density at radius 2 is 1.64 bits per heavy atom. The average molecular weight is 982 g/mol. The zero-order chi connectivity index (χ0) is 51.0. The summed E-state index contributed by atoms with van der Waals surface area (Å²) < 4.78 is 32.8. The van der Waals surface area contributed by atoms with Gasteiger partial charge >= 0.3 is 6.09 Å². The summed E-state index contributed by atoms with van der Waals surface area (Å²) in [6.45, 7) is 9.93. The number of unbranched alkanes of at least 4 members (excludes halogenated alkanes) is 2. The predicted molar refractivity (Wildman–Crippen MR) is 273 cm³/mol. The Kier molecular flexibility index (Phi) is 16.1. The number of aliphatic hydroxyl groups excluding tert-OH is 2. The van der Waals surface area contributed by atoms with Gasteiger partial charge in [0.2, 0.25) is 5.79 Å². The van der Waals surface area contributed by atoms with E-state index in [9.17, 15) is 25.1 Å². The van der Waals surface area contributed by atoms with Gasteiger partial charge in [0.1, 0.15) is 40.4 Å². The Balaban J connectivity index is 1.37. The van der Waals surface area contributed by atoms with Crippen LogP contribution in [0.2, 0.25) is 0 Å². The molecule has 378 valence electrons. The molecule has 0 unspecified atom stereocenters. The number of hydrogen-bond donors (Lipinski definition) is 2. The number of carbonyl (C=O) groups is 2. The van der Waals surface area contributed by atoms with Crippen molar-refractivity contribution in [3.63, 3.8) is 0 Å². The number of carbonyl (C=O) groups excluding carboxylic acids is 2. The number of aldehydes is 1. The van der Waals surface area contributed by atoms with Gasteiger partial charge in [-0.3, -0.25) is 19.8 Å². The first-order valence-corrected chi connectivity index (χ1v) is 24.6. The van der Waals surface area contributed by atoms with E-state index in [0.717, 1.165) is 40.3 Å². The Morgan fingerprint density at radius 3 is 2.35 bits per heavy atom. The van der Waals surface area contributed by atoms with Gasteiger partial charge in [0.05, 0.1) is 42.4 Å². The van der Waals surface area contributed by atoms with Crippen molar-refractivity contribution in [1.82, 2.24) is 4.90 Å². The number of fused-ring (bicyclic) bond motifs is 3. The second kappa shape index (κ2) is 22.6. The van der Waals surface area contributed by atoms with Crippen LogP contribution in [-0.4, -0.2) is 82.5 Å². The highest BCUT2D eigenvalue weighted by Gasteiger charge is 2.66. The number of ether oxygens (including phenoxy) is 5. The maximum atomic E-state index is 15.4. The minimum Gasteiger partial charge on any atom is -0.496 e. The number of oxime groups is 1. The normalized spacial score (nSPS) is 21.6. The molecule has 1 saturated carbocycles. The molecule has 0 spiro atoms. The van der Waals surface area contributed by atoms with E-state index in [-0.39, 0.29) is 62.0 Å². The second-order valence-electron chi connectivity index (χ2n) is 19.5. The monoisotopic (exact) mass is 981 g/mol. The highest BCUT2D eigenvalue weighted by Crippen LogP contribution is 2.62. The highest BCUT2D eigenvalue weighted by atomic mass is 16.7. The fourth-order valence-electron chi connectivity index (χ4n) is 10.6. The molecular formula is C57H63N3O12. The van der Waals surface area contributed by atoms with E-state index in [1.165, 1.54) is 31.4 Å². The van der Waals surface area contributed by atoms with Gasteiger partial charge in [-0.15, -0.1) is 6.58 Å². The van der Waals surface area contributed by atoms with Crippen molar-refractivity contribution in [2.45, 2.75) is 95.6 Å². The number of nitro groups is 1. The molecule has 3 aliphatic rings. The zero-order valence-electron chi connectivity index (χ0n) is 41.2. The van der Waals surface area contributed by atoms with Crippen LogP contribution in [-0.2, 0) is 16.1 Å². The van der Waals surface area contributed by atoms with Gasteiger partial charge in [-0.1, -0.05) is 72.6 Å². The van der Waals surface area contributed by atoms with Crippen molar-refractivity contribution in [2.75, 3.05) is 26.9 Å². The Hall–Kier alpha value is -7.07. The zero-order valence-corrected chi connectivity index (χ0v) is 41.2. The molecule has 1 aliphatic heterocycles. The summed E-state index contributed by atoms with van der Waals surface area (Å²) >= 11 is 0. The van der Waals surface area contributed by atoms with Crippen molar-refractivity contribution in [2.24, 2.45) is 22.9 Å². The fourth-order valence-corrected chi connectivity index (χ4v) is 10.6. The lowest BCUT2D eigenvalue weighted by atomic mass is 9.55. The Morgan fingerprint density at radius 1 is 0.931 bits per heavy atom. The number of amides is 1. The predicted octanol–water partition coefficient (Wildman–Crippen LogP) is 11.5. The first kappa shape index (κ1) is 51.3. The van der Waals surface area contributed by atoms with Crippen LogP contribution < -0.4 is 18.9 Å². The number of aliphatic hydroxyl groups is 2. The lowest BCUT2D eigenvalue weighted by molar-refractivity contribution is -0.384. The fraction of sp³-hybridized carbons (Fsp3) is 0.386. The number of hydrogen-bond acceptors (Lipinski definition) is 13. The van der Waals surface area contributed by atoms with Crippen LogP contribution >= 0.6 is 0 Å². The molecule has 8 rings (SSSR count). The summed E-state index contributed by atoms with van der Waals surface area (Å²) in [5.74, 6) is -0.867. The van der Waals surface area contributed by atoms with Gasteiger partial charge in [0.15, 0.2) is 6.29 Å². The quantitative estimate of drug-likeness (QED) is 0.0233. The maximum Gasteiger partial charge on any atom is 0.416 e. The molecule has 5 aromatic carbocycles. The molecule has 2 N–H and O–H groups in total. The van der Waals surface area contributed by atoms with E-state index in [0.29, 0.717) is 66.2 Å². The first-order chi connectivity index (χ1) is 34.8. The molecule has 15 nitrogen and oxygen atoms in total. The molecule has 1 heterocycles. The van der Waals surface area contributed by atoms with Crippen molar-refractivity contribution in [3.05, 3.63) is 154 Å². The van der Waals surface area contributed by atoms with Crippen LogP contribution in [0.5, 0.6) is 28.7 Å². The molecule has 72 heavy (non-hydrogen) atoms. The summed E-state index contributed by atoms with van der Waals surface area (Å²) in [7, 11) is 1.50. The standard InChI is InChI=1S/C57H63N3O12/c1-6-30-68-57-52(59(35-39-17-13-16-37-14-7-8-18-45(37)39)55(64)70-42-22-20-41(21-23-42)60(65)66)34-49(58-72-56(2,3)4)47-32-38(15-9-11-28-61)46(19-10-12-29-62)53(54(47)57)48-33-44(25-27-51(48)71-57)69-43-24-26-50(67-5)40(31-43)36-63/h6-8,13-14,16-18,20-27,31-33,36,38,46,52-54,61-62H,1,9-12,15,19,28-30,34-35H2,2-5H3/t38-,46+,52-,53+,54+,57+/m0/s1. The molecule has 6 atom stereocenters. The third-order valence-electron chi connectivity index (χ3n) is 13.7. The number of allylic oxidation sites excluding steroid dienone is 1. The largest absolute Gasteiger partial charge is 0.496 e. The van der Waals surface area contributed by atoms with Crippen LogP contribution in [0.3, 0.4) is 0 Å². The third kappa shape index (κ3) is 11.0. The van der Waals surface area contributed by atoms with Crippen LogP contribution in [0.15, 0.2) is 133 Å². The number of methoxy groups -OCH3 is 1. The highest BCUT2D eigenvalue weighted by molar-refractivity contribution is 6.03. The summed E-state index contributed by atoms with van der Waals surface area (Å²) in [5.41, 5.74) is 2.55. The average Bonchev–Trinajstić information content (AvgIpc) is 3.37. The molecular weight excluding hydrogens is 919 g/mol.